The van der Waals surface area contributed by atoms with Crippen molar-refractivity contribution in [3.63, 3.8) is 0 Å². The van der Waals surface area contributed by atoms with Gasteiger partial charge in [0.1, 0.15) is 11.4 Å². The van der Waals surface area contributed by atoms with Crippen LogP contribution in [-0.4, -0.2) is 42.5 Å². The molecule has 0 bridgehead atoms. The predicted molar refractivity (Wildman–Crippen MR) is 91.2 cm³/mol. The fourth-order valence-corrected chi connectivity index (χ4v) is 3.40. The highest BCUT2D eigenvalue weighted by atomic mass is 16.5. The molecular formula is C18H23N3O4. The van der Waals surface area contributed by atoms with Crippen LogP contribution in [-0.2, 0) is 9.59 Å². The molecule has 1 heterocycles. The van der Waals surface area contributed by atoms with Crippen LogP contribution in [0.2, 0.25) is 0 Å². The van der Waals surface area contributed by atoms with Crippen molar-refractivity contribution in [3.05, 3.63) is 29.8 Å². The lowest BCUT2D eigenvalue weighted by Crippen LogP contribution is -2.52. The van der Waals surface area contributed by atoms with E-state index in [0.717, 1.165) is 25.7 Å². The number of carbonyl (C=O) groups excluding carboxylic acids is 3. The summed E-state index contributed by atoms with van der Waals surface area (Å²) in [4.78, 5) is 34.9. The van der Waals surface area contributed by atoms with Gasteiger partial charge in [0.2, 0.25) is 11.8 Å². The van der Waals surface area contributed by atoms with Crippen molar-refractivity contribution in [3.8, 4) is 5.75 Å². The number of fused-ring (bicyclic) bond motifs is 1. The molecule has 0 unspecified atom stereocenters. The Labute approximate surface area is 146 Å². The van der Waals surface area contributed by atoms with E-state index < -0.39 is 5.60 Å². The van der Waals surface area contributed by atoms with Crippen molar-refractivity contribution in [2.75, 3.05) is 13.1 Å². The van der Waals surface area contributed by atoms with Gasteiger partial charge in [-0.15, -0.1) is 0 Å². The van der Waals surface area contributed by atoms with Crippen LogP contribution in [0.1, 0.15) is 43.0 Å². The van der Waals surface area contributed by atoms with Gasteiger partial charge < -0.3 is 20.7 Å². The lowest BCUT2D eigenvalue weighted by Gasteiger charge is -2.39. The maximum atomic E-state index is 12.2. The minimum atomic E-state index is -0.429. The van der Waals surface area contributed by atoms with E-state index >= 15 is 0 Å². The standard InChI is InChI=1S/C18H23N3O4/c1-12(22)19-10-16(23)21-13-6-8-18(9-7-13)11-20-17(24)14-4-2-3-5-15(14)25-18/h2-5,13H,6-11H2,1H3,(H,19,22)(H,20,24)(H,21,23). The van der Waals surface area contributed by atoms with Crippen LogP contribution in [0, 0.1) is 0 Å². The highest BCUT2D eigenvalue weighted by Crippen LogP contribution is 2.36. The number of hydrogen-bond acceptors (Lipinski definition) is 4. The van der Waals surface area contributed by atoms with Crippen molar-refractivity contribution in [1.82, 2.24) is 16.0 Å². The largest absolute Gasteiger partial charge is 0.485 e. The van der Waals surface area contributed by atoms with Gasteiger partial charge in [0.15, 0.2) is 0 Å². The summed E-state index contributed by atoms with van der Waals surface area (Å²) < 4.78 is 6.24. The second kappa shape index (κ2) is 7.13. The second-order valence-corrected chi connectivity index (χ2v) is 6.72. The number of hydrogen-bond donors (Lipinski definition) is 3. The molecule has 0 radical (unpaired) electrons. The molecule has 1 aromatic carbocycles. The molecule has 7 nitrogen and oxygen atoms in total. The van der Waals surface area contributed by atoms with Crippen molar-refractivity contribution < 1.29 is 19.1 Å². The molecule has 134 valence electrons. The zero-order chi connectivity index (χ0) is 17.9. The number of benzene rings is 1. The van der Waals surface area contributed by atoms with Gasteiger partial charge in [-0.25, -0.2) is 0 Å². The highest BCUT2D eigenvalue weighted by Gasteiger charge is 2.40. The van der Waals surface area contributed by atoms with E-state index in [4.69, 9.17) is 4.74 Å². The van der Waals surface area contributed by atoms with Crippen molar-refractivity contribution in [2.45, 2.75) is 44.2 Å². The molecule has 3 rings (SSSR count). The van der Waals surface area contributed by atoms with Gasteiger partial charge in [0, 0.05) is 13.0 Å². The monoisotopic (exact) mass is 345 g/mol. The van der Waals surface area contributed by atoms with E-state index in [9.17, 15) is 14.4 Å². The number of amides is 3. The normalized spacial score (nSPS) is 25.2. The van der Waals surface area contributed by atoms with Gasteiger partial charge in [-0.1, -0.05) is 12.1 Å². The second-order valence-electron chi connectivity index (χ2n) is 6.72. The third kappa shape index (κ3) is 4.10. The lowest BCUT2D eigenvalue weighted by atomic mass is 9.81. The molecule has 25 heavy (non-hydrogen) atoms. The van der Waals surface area contributed by atoms with Crippen LogP contribution in [0.5, 0.6) is 5.75 Å². The number of para-hydroxylation sites is 1. The molecule has 1 spiro atoms. The fraction of sp³-hybridized carbons (Fsp3) is 0.500. The van der Waals surface area contributed by atoms with E-state index in [1.807, 2.05) is 18.2 Å². The van der Waals surface area contributed by atoms with Crippen molar-refractivity contribution in [1.29, 1.82) is 0 Å². The molecular weight excluding hydrogens is 322 g/mol. The van der Waals surface area contributed by atoms with E-state index in [2.05, 4.69) is 16.0 Å². The summed E-state index contributed by atoms with van der Waals surface area (Å²) in [6, 6.07) is 7.32. The first-order chi connectivity index (χ1) is 12.0. The van der Waals surface area contributed by atoms with Crippen LogP contribution >= 0.6 is 0 Å². The van der Waals surface area contributed by atoms with E-state index in [1.54, 1.807) is 6.07 Å². The van der Waals surface area contributed by atoms with Crippen LogP contribution in [0.4, 0.5) is 0 Å². The van der Waals surface area contributed by atoms with E-state index in [1.165, 1.54) is 6.92 Å². The highest BCUT2D eigenvalue weighted by molar-refractivity contribution is 5.97. The molecule has 7 heteroatoms. The molecule has 0 saturated heterocycles. The maximum Gasteiger partial charge on any atom is 0.255 e. The van der Waals surface area contributed by atoms with Gasteiger partial charge in [0.05, 0.1) is 18.7 Å². The fourth-order valence-electron chi connectivity index (χ4n) is 3.40. The minimum absolute atomic E-state index is 0.00307. The summed E-state index contributed by atoms with van der Waals surface area (Å²) in [5.74, 6) is 0.0967. The summed E-state index contributed by atoms with van der Waals surface area (Å²) in [7, 11) is 0. The Morgan fingerprint density at radius 2 is 2.00 bits per heavy atom. The molecule has 2 aliphatic rings. The minimum Gasteiger partial charge on any atom is -0.485 e. The summed E-state index contributed by atoms with van der Waals surface area (Å²) in [5.41, 5.74) is 0.131. The molecule has 1 aliphatic carbocycles. The first-order valence-corrected chi connectivity index (χ1v) is 8.57. The number of ether oxygens (including phenoxy) is 1. The maximum absolute atomic E-state index is 12.2. The third-order valence-corrected chi connectivity index (χ3v) is 4.79. The van der Waals surface area contributed by atoms with Gasteiger partial charge in [-0.05, 0) is 37.8 Å². The third-order valence-electron chi connectivity index (χ3n) is 4.79. The topological polar surface area (TPSA) is 96.5 Å². The van der Waals surface area contributed by atoms with E-state index in [0.29, 0.717) is 17.9 Å². The molecule has 1 fully saturated rings. The molecule has 1 saturated carbocycles. The summed E-state index contributed by atoms with van der Waals surface area (Å²) in [6.07, 6.45) is 3.02. The van der Waals surface area contributed by atoms with Gasteiger partial charge >= 0.3 is 0 Å². The Morgan fingerprint density at radius 1 is 1.28 bits per heavy atom. The van der Waals surface area contributed by atoms with E-state index in [-0.39, 0.29) is 30.3 Å². The average Bonchev–Trinajstić information content (AvgIpc) is 2.73. The number of rotatable bonds is 3. The van der Waals surface area contributed by atoms with Crippen molar-refractivity contribution >= 4 is 17.7 Å². The van der Waals surface area contributed by atoms with Crippen LogP contribution in [0.3, 0.4) is 0 Å². The summed E-state index contributed by atoms with van der Waals surface area (Å²) >= 11 is 0. The smallest absolute Gasteiger partial charge is 0.255 e. The Kier molecular flexibility index (Phi) is 4.92. The first kappa shape index (κ1) is 17.3. The molecule has 0 aromatic heterocycles. The zero-order valence-electron chi connectivity index (χ0n) is 14.3. The number of carbonyl (C=O) groups is 3. The van der Waals surface area contributed by atoms with Crippen LogP contribution in [0.15, 0.2) is 24.3 Å². The Hall–Kier alpha value is -2.57. The molecule has 1 aromatic rings. The predicted octanol–water partition coefficient (Wildman–Crippen LogP) is 0.743. The van der Waals surface area contributed by atoms with Gasteiger partial charge in [-0.3, -0.25) is 14.4 Å². The van der Waals surface area contributed by atoms with Crippen LogP contribution < -0.4 is 20.7 Å². The van der Waals surface area contributed by atoms with Gasteiger partial charge in [-0.2, -0.15) is 0 Å². The lowest BCUT2D eigenvalue weighted by molar-refractivity contribution is -0.125. The quantitative estimate of drug-likeness (QED) is 0.753. The average molecular weight is 345 g/mol. The van der Waals surface area contributed by atoms with Gasteiger partial charge in [0.25, 0.3) is 5.91 Å². The SMILES string of the molecule is CC(=O)NCC(=O)NC1CCC2(CC1)CNC(=O)c1ccccc1O2. The Bertz CT molecular complexity index is 681. The number of nitrogens with one attached hydrogen (secondary N) is 3. The molecule has 0 atom stereocenters. The molecule has 3 amide bonds. The van der Waals surface area contributed by atoms with Crippen LogP contribution in [0.25, 0.3) is 0 Å². The Morgan fingerprint density at radius 3 is 2.72 bits per heavy atom. The first-order valence-electron chi connectivity index (χ1n) is 8.57. The van der Waals surface area contributed by atoms with Crippen molar-refractivity contribution in [2.24, 2.45) is 0 Å². The summed E-state index contributed by atoms with van der Waals surface area (Å²) in [6.45, 7) is 1.84. The zero-order valence-corrected chi connectivity index (χ0v) is 14.3. The Balaban J connectivity index is 1.59. The summed E-state index contributed by atoms with van der Waals surface area (Å²) in [5, 5.41) is 8.39. The molecule has 1 aliphatic heterocycles. The molecule has 3 N–H and O–H groups in total.